The Labute approximate surface area is 200 Å². The minimum atomic E-state index is -1.27. The van der Waals surface area contributed by atoms with Crippen molar-refractivity contribution in [3.8, 4) is 0 Å². The predicted octanol–water partition coefficient (Wildman–Crippen LogP) is 4.33. The third kappa shape index (κ3) is 3.51. The van der Waals surface area contributed by atoms with Gasteiger partial charge in [-0.05, 0) is 73.5 Å². The van der Waals surface area contributed by atoms with Crippen molar-refractivity contribution in [2.75, 3.05) is 17.4 Å². The second-order valence-corrected chi connectivity index (χ2v) is 12.2. The highest BCUT2D eigenvalue weighted by Gasteiger charge is 2.70. The Balaban J connectivity index is 1.70. The summed E-state index contributed by atoms with van der Waals surface area (Å²) < 4.78 is 6.04. The zero-order chi connectivity index (χ0) is 23.3. The zero-order valence-corrected chi connectivity index (χ0v) is 20.9. The fourth-order valence-electron chi connectivity index (χ4n) is 7.88. The first-order valence-electron chi connectivity index (χ1n) is 11.9. The SMILES string of the molecule is CCSCC(=O)O[C@]1(C(=O)CCl)CC[C@H]2[C@@H]3CCC4=CC(=O)CC[C@]4(C)[C@H]3[C@@H](O)C[C@@]21C. The van der Waals surface area contributed by atoms with E-state index >= 15 is 0 Å². The number of halogens is 1. The summed E-state index contributed by atoms with van der Waals surface area (Å²) in [5, 5.41) is 11.5. The number of esters is 1. The number of rotatable bonds is 6. The van der Waals surface area contributed by atoms with E-state index in [1.54, 1.807) is 0 Å². The Kier molecular flexibility index (Phi) is 6.63. The number of ketones is 2. The molecular formula is C25H35ClO5S. The molecule has 4 aliphatic rings. The van der Waals surface area contributed by atoms with Crippen molar-refractivity contribution >= 4 is 40.9 Å². The first-order valence-corrected chi connectivity index (χ1v) is 13.6. The monoisotopic (exact) mass is 482 g/mol. The van der Waals surface area contributed by atoms with E-state index in [1.807, 2.05) is 19.9 Å². The Morgan fingerprint density at radius 2 is 2.00 bits per heavy atom. The maximum Gasteiger partial charge on any atom is 0.316 e. The van der Waals surface area contributed by atoms with Gasteiger partial charge in [0.15, 0.2) is 17.2 Å². The molecule has 5 nitrogen and oxygen atoms in total. The summed E-state index contributed by atoms with van der Waals surface area (Å²) in [5.74, 6) is 0.841. The third-order valence-corrected chi connectivity index (χ3v) is 10.4. The van der Waals surface area contributed by atoms with Crippen LogP contribution < -0.4 is 0 Å². The fraction of sp³-hybridized carbons (Fsp3) is 0.800. The lowest BCUT2D eigenvalue weighted by Crippen LogP contribution is -2.63. The number of allylic oxidation sites excluding steroid dienone is 1. The van der Waals surface area contributed by atoms with Crippen molar-refractivity contribution < 1.29 is 24.2 Å². The zero-order valence-electron chi connectivity index (χ0n) is 19.3. The smallest absolute Gasteiger partial charge is 0.316 e. The third-order valence-electron chi connectivity index (χ3n) is 9.30. The molecule has 178 valence electrons. The van der Waals surface area contributed by atoms with Crippen molar-refractivity contribution in [1.82, 2.24) is 0 Å². The van der Waals surface area contributed by atoms with Gasteiger partial charge < -0.3 is 9.84 Å². The average molecular weight is 483 g/mol. The number of carbonyl (C=O) groups excluding carboxylic acids is 3. The lowest BCUT2D eigenvalue weighted by molar-refractivity contribution is -0.198. The number of aliphatic hydroxyl groups excluding tert-OH is 1. The second-order valence-electron chi connectivity index (χ2n) is 10.6. The number of thioether (sulfide) groups is 1. The Morgan fingerprint density at radius 3 is 2.69 bits per heavy atom. The summed E-state index contributed by atoms with van der Waals surface area (Å²) in [6, 6.07) is 0. The molecule has 0 unspecified atom stereocenters. The van der Waals surface area contributed by atoms with E-state index < -0.39 is 17.1 Å². The summed E-state index contributed by atoms with van der Waals surface area (Å²) in [6.07, 6.45) is 5.91. The minimum absolute atomic E-state index is 0.0573. The quantitative estimate of drug-likeness (QED) is 0.448. The molecule has 3 fully saturated rings. The second kappa shape index (κ2) is 8.74. The van der Waals surface area contributed by atoms with Gasteiger partial charge in [-0.3, -0.25) is 14.4 Å². The number of carbonyl (C=O) groups is 3. The van der Waals surface area contributed by atoms with Crippen molar-refractivity contribution in [3.05, 3.63) is 11.6 Å². The van der Waals surface area contributed by atoms with Crippen LogP contribution in [0.3, 0.4) is 0 Å². The van der Waals surface area contributed by atoms with Crippen LogP contribution in [-0.4, -0.2) is 51.7 Å². The summed E-state index contributed by atoms with van der Waals surface area (Å²) in [7, 11) is 0. The van der Waals surface area contributed by atoms with Gasteiger partial charge in [0, 0.05) is 11.8 Å². The number of Topliss-reactive ketones (excluding diaryl/α,β-unsaturated/α-hetero) is 1. The van der Waals surface area contributed by atoms with Gasteiger partial charge >= 0.3 is 5.97 Å². The van der Waals surface area contributed by atoms with Crippen LogP contribution in [0.5, 0.6) is 0 Å². The highest BCUT2D eigenvalue weighted by molar-refractivity contribution is 7.99. The predicted molar refractivity (Wildman–Crippen MR) is 126 cm³/mol. The molecule has 0 amide bonds. The minimum Gasteiger partial charge on any atom is -0.450 e. The van der Waals surface area contributed by atoms with Crippen molar-refractivity contribution in [3.63, 3.8) is 0 Å². The Hall–Kier alpha value is -0.850. The van der Waals surface area contributed by atoms with Gasteiger partial charge in [0.1, 0.15) is 0 Å². The molecule has 7 heteroatoms. The molecule has 1 N–H and O–H groups in total. The first-order chi connectivity index (χ1) is 15.1. The van der Waals surface area contributed by atoms with E-state index in [0.29, 0.717) is 19.3 Å². The largest absolute Gasteiger partial charge is 0.450 e. The lowest BCUT2D eigenvalue weighted by Gasteiger charge is -2.60. The van der Waals surface area contributed by atoms with E-state index in [2.05, 4.69) is 6.92 Å². The van der Waals surface area contributed by atoms with Crippen LogP contribution in [-0.2, 0) is 19.1 Å². The van der Waals surface area contributed by atoms with Crippen LogP contribution in [0.2, 0.25) is 0 Å². The first kappa shape index (κ1) is 24.3. The molecule has 0 radical (unpaired) electrons. The van der Waals surface area contributed by atoms with Crippen molar-refractivity contribution in [2.45, 2.75) is 77.4 Å². The highest BCUT2D eigenvalue weighted by atomic mass is 35.5. The van der Waals surface area contributed by atoms with E-state index in [0.717, 1.165) is 31.4 Å². The van der Waals surface area contributed by atoms with Crippen LogP contribution in [0.15, 0.2) is 11.6 Å². The molecule has 3 saturated carbocycles. The van der Waals surface area contributed by atoms with Crippen LogP contribution in [0.25, 0.3) is 0 Å². The topological polar surface area (TPSA) is 80.7 Å². The molecule has 7 atom stereocenters. The molecule has 32 heavy (non-hydrogen) atoms. The van der Waals surface area contributed by atoms with Crippen molar-refractivity contribution in [2.24, 2.45) is 28.6 Å². The van der Waals surface area contributed by atoms with Gasteiger partial charge in [0.2, 0.25) is 0 Å². The lowest BCUT2D eigenvalue weighted by atomic mass is 9.45. The summed E-state index contributed by atoms with van der Waals surface area (Å²) in [5.41, 5.74) is -0.917. The molecule has 0 spiro atoms. The normalized spacial score (nSPS) is 43.0. The summed E-state index contributed by atoms with van der Waals surface area (Å²) in [4.78, 5) is 38.0. The van der Waals surface area contributed by atoms with Crippen LogP contribution in [0.1, 0.15) is 65.7 Å². The molecule has 0 bridgehead atoms. The highest BCUT2D eigenvalue weighted by Crippen LogP contribution is 2.68. The van der Waals surface area contributed by atoms with E-state index in [1.165, 1.54) is 17.3 Å². The average Bonchev–Trinajstić information content (AvgIpc) is 3.04. The molecule has 0 saturated heterocycles. The van der Waals surface area contributed by atoms with Gasteiger partial charge in [0.25, 0.3) is 0 Å². The number of alkyl halides is 1. The van der Waals surface area contributed by atoms with Gasteiger partial charge in [-0.2, -0.15) is 11.8 Å². The molecule has 4 rings (SSSR count). The number of ether oxygens (including phenoxy) is 1. The molecule has 0 heterocycles. The fourth-order valence-corrected chi connectivity index (χ4v) is 8.52. The Bertz CT molecular complexity index is 842. The van der Waals surface area contributed by atoms with Crippen LogP contribution >= 0.6 is 23.4 Å². The van der Waals surface area contributed by atoms with E-state index in [4.69, 9.17) is 16.3 Å². The molecule has 0 aliphatic heterocycles. The number of fused-ring (bicyclic) bond motifs is 5. The Morgan fingerprint density at radius 1 is 1.25 bits per heavy atom. The van der Waals surface area contributed by atoms with Crippen LogP contribution in [0, 0.1) is 28.6 Å². The van der Waals surface area contributed by atoms with Gasteiger partial charge in [-0.25, -0.2) is 0 Å². The maximum absolute atomic E-state index is 13.3. The molecule has 4 aliphatic carbocycles. The molecule has 0 aromatic carbocycles. The van der Waals surface area contributed by atoms with Gasteiger partial charge in [-0.15, -0.1) is 11.6 Å². The number of hydrogen-bond acceptors (Lipinski definition) is 6. The summed E-state index contributed by atoms with van der Waals surface area (Å²) >= 11 is 7.53. The van der Waals surface area contributed by atoms with E-state index in [9.17, 15) is 19.5 Å². The maximum atomic E-state index is 13.3. The van der Waals surface area contributed by atoms with Crippen molar-refractivity contribution in [1.29, 1.82) is 0 Å². The van der Waals surface area contributed by atoms with Crippen LogP contribution in [0.4, 0.5) is 0 Å². The molecule has 0 aromatic rings. The number of aliphatic hydroxyl groups is 1. The summed E-state index contributed by atoms with van der Waals surface area (Å²) in [6.45, 7) is 6.22. The molecule has 0 aromatic heterocycles. The van der Waals surface area contributed by atoms with E-state index in [-0.39, 0.29) is 52.3 Å². The van der Waals surface area contributed by atoms with Gasteiger partial charge in [-0.1, -0.05) is 26.3 Å². The number of hydrogen-bond donors (Lipinski definition) is 1. The van der Waals surface area contributed by atoms with Gasteiger partial charge in [0.05, 0.1) is 17.7 Å². The standard InChI is InChI=1S/C25H35ClO5S/c1-4-32-14-21(30)31-25(20(29)13-26)10-8-18-17-6-5-15-11-16(27)7-9-23(15,2)22(17)19(28)12-24(18,25)3/h11,17-19,22,28H,4-10,12-14H2,1-3H3/t17-,18-,19-,22+,23-,24-,25-/m0/s1. The molecular weight excluding hydrogens is 448 g/mol.